The van der Waals surface area contributed by atoms with Crippen molar-refractivity contribution in [1.29, 1.82) is 0 Å². The lowest BCUT2D eigenvalue weighted by molar-refractivity contribution is -0.166. The number of hydrogen-bond acceptors (Lipinski definition) is 3. The van der Waals surface area contributed by atoms with Gasteiger partial charge in [0.25, 0.3) is 0 Å². The summed E-state index contributed by atoms with van der Waals surface area (Å²) < 4.78 is 37.3. The summed E-state index contributed by atoms with van der Waals surface area (Å²) in [6.07, 6.45) is -4.56. The van der Waals surface area contributed by atoms with E-state index in [9.17, 15) is 22.8 Å². The molecule has 0 spiro atoms. The van der Waals surface area contributed by atoms with Gasteiger partial charge in [-0.2, -0.15) is 13.2 Å². The molecule has 0 saturated carbocycles. The average Bonchev–Trinajstić information content (AvgIpc) is 2.23. The van der Waals surface area contributed by atoms with Gasteiger partial charge in [-0.25, -0.2) is 0 Å². The van der Waals surface area contributed by atoms with Crippen LogP contribution in [0.1, 0.15) is 13.8 Å². The van der Waals surface area contributed by atoms with Crippen molar-refractivity contribution in [1.82, 2.24) is 9.80 Å². The van der Waals surface area contributed by atoms with Crippen LogP contribution in [0.2, 0.25) is 0 Å². The Morgan fingerprint density at radius 1 is 1.21 bits per heavy atom. The maximum atomic E-state index is 12.4. The molecule has 0 rings (SSSR count). The number of rotatable bonds is 5. The first-order valence-corrected chi connectivity index (χ1v) is 5.77. The summed E-state index contributed by atoms with van der Waals surface area (Å²) in [6.45, 7) is 0.906. The highest BCUT2D eigenvalue weighted by atomic mass is 19.4. The van der Waals surface area contributed by atoms with E-state index in [1.807, 2.05) is 0 Å². The van der Waals surface area contributed by atoms with Crippen molar-refractivity contribution in [3.63, 3.8) is 0 Å². The van der Waals surface area contributed by atoms with Crippen molar-refractivity contribution in [3.05, 3.63) is 0 Å². The Morgan fingerprint density at radius 3 is 2.00 bits per heavy atom. The van der Waals surface area contributed by atoms with Gasteiger partial charge >= 0.3 is 6.18 Å². The Labute approximate surface area is 110 Å². The Balaban J connectivity index is 4.96. The van der Waals surface area contributed by atoms with E-state index in [0.717, 1.165) is 4.90 Å². The lowest BCUT2D eigenvalue weighted by Crippen LogP contribution is -2.49. The largest absolute Gasteiger partial charge is 0.406 e. The van der Waals surface area contributed by atoms with E-state index < -0.39 is 43.0 Å². The smallest absolute Gasteiger partial charge is 0.347 e. The van der Waals surface area contributed by atoms with Crippen molar-refractivity contribution in [2.24, 2.45) is 11.7 Å². The summed E-state index contributed by atoms with van der Waals surface area (Å²) in [5.41, 5.74) is 5.50. The first-order chi connectivity index (χ1) is 8.45. The van der Waals surface area contributed by atoms with E-state index in [1.165, 1.54) is 27.9 Å². The second-order valence-corrected chi connectivity index (χ2v) is 4.75. The normalized spacial score (nSPS) is 14.7. The topological polar surface area (TPSA) is 66.6 Å². The van der Waals surface area contributed by atoms with E-state index in [1.54, 1.807) is 0 Å². The highest BCUT2D eigenvalue weighted by Gasteiger charge is 2.36. The van der Waals surface area contributed by atoms with E-state index in [-0.39, 0.29) is 0 Å². The van der Waals surface area contributed by atoms with Crippen molar-refractivity contribution in [2.75, 3.05) is 27.2 Å². The Bertz CT molecular complexity index is 330. The fourth-order valence-corrected chi connectivity index (χ4v) is 1.25. The molecule has 2 amide bonds. The van der Waals surface area contributed by atoms with Crippen molar-refractivity contribution >= 4 is 11.8 Å². The molecular weight excluding hydrogens is 263 g/mol. The molecule has 0 saturated heterocycles. The monoisotopic (exact) mass is 283 g/mol. The molecule has 5 nitrogen and oxygen atoms in total. The maximum Gasteiger partial charge on any atom is 0.406 e. The number of hydrogen-bond donors (Lipinski definition) is 1. The van der Waals surface area contributed by atoms with E-state index in [0.29, 0.717) is 4.90 Å². The second-order valence-electron chi connectivity index (χ2n) is 4.75. The van der Waals surface area contributed by atoms with Crippen LogP contribution in [0.25, 0.3) is 0 Å². The van der Waals surface area contributed by atoms with Crippen LogP contribution in [0.15, 0.2) is 0 Å². The molecular formula is C11H20F3N3O2. The van der Waals surface area contributed by atoms with Crippen LogP contribution in [-0.2, 0) is 9.59 Å². The van der Waals surface area contributed by atoms with Crippen molar-refractivity contribution < 1.29 is 22.8 Å². The van der Waals surface area contributed by atoms with Gasteiger partial charge in [0.2, 0.25) is 11.8 Å². The maximum absolute atomic E-state index is 12.4. The molecule has 0 fully saturated rings. The molecule has 19 heavy (non-hydrogen) atoms. The van der Waals surface area contributed by atoms with Gasteiger partial charge < -0.3 is 15.5 Å². The van der Waals surface area contributed by atoms with E-state index >= 15 is 0 Å². The van der Waals surface area contributed by atoms with Gasteiger partial charge in [0.15, 0.2) is 0 Å². The minimum Gasteiger partial charge on any atom is -0.347 e. The molecule has 112 valence electrons. The molecule has 2 unspecified atom stereocenters. The molecule has 2 N–H and O–H groups in total. The van der Waals surface area contributed by atoms with Gasteiger partial charge in [0.1, 0.15) is 13.1 Å². The molecule has 0 radical (unpaired) electrons. The predicted octanol–water partition coefficient (Wildman–Crippen LogP) is 0.449. The SMILES string of the molecule is CC(N)C(C)C(=O)N(CC(=O)N(C)C)CC(F)(F)F. The third-order valence-corrected chi connectivity index (χ3v) is 2.68. The van der Waals surface area contributed by atoms with Crippen molar-refractivity contribution in [3.8, 4) is 0 Å². The standard InChI is InChI=1S/C11H20F3N3O2/c1-7(8(2)15)10(19)17(6-11(12,13)14)5-9(18)16(3)4/h7-8H,5-6,15H2,1-4H3. The molecule has 0 heterocycles. The zero-order valence-electron chi connectivity index (χ0n) is 11.5. The minimum absolute atomic E-state index is 0.496. The molecule has 8 heteroatoms. The second kappa shape index (κ2) is 6.74. The third-order valence-electron chi connectivity index (χ3n) is 2.68. The number of carbonyl (C=O) groups is 2. The van der Waals surface area contributed by atoms with Crippen LogP contribution in [-0.4, -0.2) is 61.0 Å². The predicted molar refractivity (Wildman–Crippen MR) is 64.1 cm³/mol. The van der Waals surface area contributed by atoms with Gasteiger partial charge in [-0.3, -0.25) is 9.59 Å². The summed E-state index contributed by atoms with van der Waals surface area (Å²) >= 11 is 0. The number of carbonyl (C=O) groups excluding carboxylic acids is 2. The number of nitrogens with two attached hydrogens (primary N) is 1. The summed E-state index contributed by atoms with van der Waals surface area (Å²) in [5, 5.41) is 0. The Kier molecular flexibility index (Phi) is 6.28. The average molecular weight is 283 g/mol. The van der Waals surface area contributed by atoms with Gasteiger partial charge in [-0.05, 0) is 6.92 Å². The number of nitrogens with zero attached hydrogens (tertiary/aromatic N) is 2. The van der Waals surface area contributed by atoms with Gasteiger partial charge in [0.05, 0.1) is 5.92 Å². The Morgan fingerprint density at radius 2 is 1.68 bits per heavy atom. The minimum atomic E-state index is -4.56. The van der Waals surface area contributed by atoms with Crippen LogP contribution >= 0.6 is 0 Å². The van der Waals surface area contributed by atoms with Crippen LogP contribution in [0.5, 0.6) is 0 Å². The number of likely N-dealkylation sites (N-methyl/N-ethyl adjacent to an activating group) is 1. The van der Waals surface area contributed by atoms with E-state index in [4.69, 9.17) is 5.73 Å². The van der Waals surface area contributed by atoms with Crippen LogP contribution in [0, 0.1) is 5.92 Å². The summed E-state index contributed by atoms with van der Waals surface area (Å²) in [4.78, 5) is 25.0. The number of halogens is 3. The Hall–Kier alpha value is -1.31. The fourth-order valence-electron chi connectivity index (χ4n) is 1.25. The zero-order chi connectivity index (χ0) is 15.4. The number of amides is 2. The molecule has 0 aromatic heterocycles. The third kappa shape index (κ3) is 6.42. The summed E-state index contributed by atoms with van der Waals surface area (Å²) in [5.74, 6) is -2.13. The molecule has 0 aliphatic rings. The lowest BCUT2D eigenvalue weighted by atomic mass is 10.0. The lowest BCUT2D eigenvalue weighted by Gasteiger charge is -2.28. The fraction of sp³-hybridized carbons (Fsp3) is 0.818. The molecule has 0 aromatic carbocycles. The van der Waals surface area contributed by atoms with Crippen LogP contribution in [0.4, 0.5) is 13.2 Å². The first kappa shape index (κ1) is 17.7. The van der Waals surface area contributed by atoms with Gasteiger partial charge in [-0.1, -0.05) is 6.92 Å². The summed E-state index contributed by atoms with van der Waals surface area (Å²) in [7, 11) is 2.82. The quantitative estimate of drug-likeness (QED) is 0.796. The molecule has 0 aliphatic carbocycles. The molecule has 2 atom stereocenters. The zero-order valence-corrected chi connectivity index (χ0v) is 11.5. The van der Waals surface area contributed by atoms with Crippen LogP contribution in [0.3, 0.4) is 0 Å². The highest BCUT2D eigenvalue weighted by Crippen LogP contribution is 2.18. The van der Waals surface area contributed by atoms with Crippen molar-refractivity contribution in [2.45, 2.75) is 26.1 Å². The number of alkyl halides is 3. The van der Waals surface area contributed by atoms with Gasteiger partial charge in [-0.15, -0.1) is 0 Å². The first-order valence-electron chi connectivity index (χ1n) is 5.77. The van der Waals surface area contributed by atoms with E-state index in [2.05, 4.69) is 0 Å². The van der Waals surface area contributed by atoms with Gasteiger partial charge in [0, 0.05) is 20.1 Å². The molecule has 0 aliphatic heterocycles. The molecule has 0 bridgehead atoms. The highest BCUT2D eigenvalue weighted by molar-refractivity contribution is 5.86. The molecule has 0 aromatic rings. The van der Waals surface area contributed by atoms with Crippen LogP contribution < -0.4 is 5.73 Å². The summed E-state index contributed by atoms with van der Waals surface area (Å²) in [6, 6.07) is -0.585.